The molecule has 0 radical (unpaired) electrons. The molecule has 1 aromatic carbocycles. The smallest absolute Gasteiger partial charge is 0.128 e. The third-order valence-electron chi connectivity index (χ3n) is 5.35. The Morgan fingerprint density at radius 1 is 1.26 bits per heavy atom. The molecule has 0 amide bonds. The van der Waals surface area contributed by atoms with E-state index in [2.05, 4.69) is 84.0 Å². The topological polar surface area (TPSA) is 9.23 Å². The first kappa shape index (κ1) is 16.1. The van der Waals surface area contributed by atoms with Gasteiger partial charge >= 0.3 is 0 Å². The van der Waals surface area contributed by atoms with Crippen LogP contribution in [-0.4, -0.2) is 5.60 Å². The molecule has 2 aliphatic rings. The molecule has 1 fully saturated rings. The fraction of sp³-hybridized carbons (Fsp3) is 0.455. The summed E-state index contributed by atoms with van der Waals surface area (Å²) in [4.78, 5) is 0. The number of rotatable bonds is 3. The maximum absolute atomic E-state index is 6.20. The third-order valence-corrected chi connectivity index (χ3v) is 5.35. The first-order chi connectivity index (χ1) is 10.7. The van der Waals surface area contributed by atoms with Crippen molar-refractivity contribution < 1.29 is 4.74 Å². The number of benzene rings is 1. The van der Waals surface area contributed by atoms with Crippen LogP contribution in [0.2, 0.25) is 0 Å². The van der Waals surface area contributed by atoms with Crippen molar-refractivity contribution in [3.8, 4) is 5.75 Å². The van der Waals surface area contributed by atoms with Gasteiger partial charge in [-0.3, -0.25) is 0 Å². The molecule has 1 heterocycles. The zero-order valence-corrected chi connectivity index (χ0v) is 15.2. The highest BCUT2D eigenvalue weighted by atomic mass is 16.5. The number of hydrogen-bond donors (Lipinski definition) is 0. The van der Waals surface area contributed by atoms with Gasteiger partial charge in [0.15, 0.2) is 0 Å². The third kappa shape index (κ3) is 3.02. The molecular formula is C22H28O. The molecule has 3 rings (SSSR count). The Balaban J connectivity index is 1.87. The van der Waals surface area contributed by atoms with Gasteiger partial charge in [-0.2, -0.15) is 0 Å². The molecule has 2 atom stereocenters. The SMILES string of the molecule is C/C=C(C)/C=C/C1CC1(C)c1ccc2c(c1)OC(C)(C)C=C2C. The van der Waals surface area contributed by atoms with Gasteiger partial charge in [0.1, 0.15) is 11.4 Å². The number of allylic oxidation sites excluding steroid dienone is 5. The van der Waals surface area contributed by atoms with Crippen LogP contribution < -0.4 is 4.74 Å². The van der Waals surface area contributed by atoms with Crippen LogP contribution in [0.15, 0.2) is 48.1 Å². The van der Waals surface area contributed by atoms with E-state index in [1.54, 1.807) is 0 Å². The second-order valence-corrected chi connectivity index (χ2v) is 7.86. The predicted octanol–water partition coefficient (Wildman–Crippen LogP) is 6.06. The zero-order chi connectivity index (χ0) is 16.8. The summed E-state index contributed by atoms with van der Waals surface area (Å²) in [6.45, 7) is 13.0. The summed E-state index contributed by atoms with van der Waals surface area (Å²) in [6.07, 6.45) is 10.2. The molecule has 0 N–H and O–H groups in total. The Labute approximate surface area is 140 Å². The van der Waals surface area contributed by atoms with Crippen molar-refractivity contribution in [1.82, 2.24) is 0 Å². The van der Waals surface area contributed by atoms with Crippen molar-refractivity contribution in [3.05, 3.63) is 59.2 Å². The highest BCUT2D eigenvalue weighted by Gasteiger charge is 2.49. The Kier molecular flexibility index (Phi) is 3.78. The van der Waals surface area contributed by atoms with Crippen molar-refractivity contribution in [1.29, 1.82) is 0 Å². The fourth-order valence-electron chi connectivity index (χ4n) is 3.57. The quantitative estimate of drug-likeness (QED) is 0.617. The van der Waals surface area contributed by atoms with Gasteiger partial charge in [-0.1, -0.05) is 42.9 Å². The molecule has 122 valence electrons. The molecule has 0 saturated heterocycles. The largest absolute Gasteiger partial charge is 0.483 e. The van der Waals surface area contributed by atoms with Crippen LogP contribution in [0.3, 0.4) is 0 Å². The van der Waals surface area contributed by atoms with E-state index < -0.39 is 0 Å². The second-order valence-electron chi connectivity index (χ2n) is 7.86. The maximum Gasteiger partial charge on any atom is 0.128 e. The average Bonchev–Trinajstić information content (AvgIpc) is 3.15. The van der Waals surface area contributed by atoms with Crippen molar-refractivity contribution in [3.63, 3.8) is 0 Å². The highest BCUT2D eigenvalue weighted by Crippen LogP contribution is 2.56. The van der Waals surface area contributed by atoms with Crippen LogP contribution in [0.5, 0.6) is 5.75 Å². The summed E-state index contributed by atoms with van der Waals surface area (Å²) in [5, 5.41) is 0. The van der Waals surface area contributed by atoms with Crippen LogP contribution >= 0.6 is 0 Å². The van der Waals surface area contributed by atoms with Crippen LogP contribution in [0.4, 0.5) is 0 Å². The van der Waals surface area contributed by atoms with Gasteiger partial charge in [0, 0.05) is 5.56 Å². The van der Waals surface area contributed by atoms with Gasteiger partial charge in [0.05, 0.1) is 0 Å². The lowest BCUT2D eigenvalue weighted by Crippen LogP contribution is -2.28. The minimum absolute atomic E-state index is 0.220. The molecule has 1 aromatic rings. The summed E-state index contributed by atoms with van der Waals surface area (Å²) in [5.41, 5.74) is 5.30. The van der Waals surface area contributed by atoms with Crippen molar-refractivity contribution >= 4 is 5.57 Å². The van der Waals surface area contributed by atoms with Crippen molar-refractivity contribution in [2.75, 3.05) is 0 Å². The van der Waals surface area contributed by atoms with E-state index >= 15 is 0 Å². The lowest BCUT2D eigenvalue weighted by molar-refractivity contribution is 0.158. The van der Waals surface area contributed by atoms with Crippen molar-refractivity contribution in [2.24, 2.45) is 5.92 Å². The Hall–Kier alpha value is -1.76. The van der Waals surface area contributed by atoms with Gasteiger partial charge in [0.2, 0.25) is 0 Å². The van der Waals surface area contributed by atoms with E-state index in [1.165, 1.54) is 28.7 Å². The summed E-state index contributed by atoms with van der Waals surface area (Å²) in [5.74, 6) is 1.66. The Morgan fingerprint density at radius 2 is 2.00 bits per heavy atom. The minimum Gasteiger partial charge on any atom is -0.483 e. The molecule has 2 unspecified atom stereocenters. The van der Waals surface area contributed by atoms with E-state index in [-0.39, 0.29) is 11.0 Å². The van der Waals surface area contributed by atoms with E-state index in [1.807, 2.05) is 0 Å². The van der Waals surface area contributed by atoms with Crippen LogP contribution in [0.25, 0.3) is 5.57 Å². The maximum atomic E-state index is 6.20. The van der Waals surface area contributed by atoms with Gasteiger partial charge in [-0.15, -0.1) is 0 Å². The van der Waals surface area contributed by atoms with Gasteiger partial charge in [-0.05, 0) is 75.7 Å². The molecule has 1 heteroatoms. The monoisotopic (exact) mass is 308 g/mol. The second kappa shape index (κ2) is 5.40. The van der Waals surface area contributed by atoms with Crippen LogP contribution in [-0.2, 0) is 5.41 Å². The van der Waals surface area contributed by atoms with Crippen LogP contribution in [0.1, 0.15) is 59.1 Å². The lowest BCUT2D eigenvalue weighted by atomic mass is 9.90. The summed E-state index contributed by atoms with van der Waals surface area (Å²) in [7, 11) is 0. The number of hydrogen-bond acceptors (Lipinski definition) is 1. The molecule has 1 aliphatic heterocycles. The molecule has 0 aromatic heterocycles. The zero-order valence-electron chi connectivity index (χ0n) is 15.2. The predicted molar refractivity (Wildman–Crippen MR) is 98.8 cm³/mol. The van der Waals surface area contributed by atoms with Crippen LogP contribution in [0, 0.1) is 5.92 Å². The molecule has 0 bridgehead atoms. The number of fused-ring (bicyclic) bond motifs is 1. The van der Waals surface area contributed by atoms with Gasteiger partial charge in [-0.25, -0.2) is 0 Å². The molecule has 1 aliphatic carbocycles. The lowest BCUT2D eigenvalue weighted by Gasteiger charge is -2.31. The average molecular weight is 308 g/mol. The van der Waals surface area contributed by atoms with E-state index in [0.717, 1.165) is 5.75 Å². The molecule has 0 spiro atoms. The van der Waals surface area contributed by atoms with E-state index in [0.29, 0.717) is 5.92 Å². The van der Waals surface area contributed by atoms with Gasteiger partial charge in [0.25, 0.3) is 0 Å². The molecule has 1 nitrogen and oxygen atoms in total. The normalized spacial score (nSPS) is 29.0. The summed E-state index contributed by atoms with van der Waals surface area (Å²) in [6, 6.07) is 6.78. The summed E-state index contributed by atoms with van der Waals surface area (Å²) >= 11 is 0. The Bertz CT molecular complexity index is 717. The molecular weight excluding hydrogens is 280 g/mol. The van der Waals surface area contributed by atoms with E-state index in [4.69, 9.17) is 4.74 Å². The first-order valence-corrected chi connectivity index (χ1v) is 8.60. The van der Waals surface area contributed by atoms with E-state index in [9.17, 15) is 0 Å². The summed E-state index contributed by atoms with van der Waals surface area (Å²) < 4.78 is 6.20. The molecule has 1 saturated carbocycles. The minimum atomic E-state index is -0.220. The van der Waals surface area contributed by atoms with Gasteiger partial charge < -0.3 is 4.74 Å². The Morgan fingerprint density at radius 3 is 2.70 bits per heavy atom. The van der Waals surface area contributed by atoms with Crippen molar-refractivity contribution in [2.45, 2.75) is 59.0 Å². The molecule has 23 heavy (non-hydrogen) atoms. The highest BCUT2D eigenvalue weighted by molar-refractivity contribution is 5.72. The fourth-order valence-corrected chi connectivity index (χ4v) is 3.57. The standard InChI is InChI=1S/C22H28O/c1-7-15(2)8-9-18-14-22(18,6)17-10-11-19-16(3)13-21(4,5)23-20(19)12-17/h7-13,18H,14H2,1-6H3/b9-8+,15-7+. The number of ether oxygens (including phenoxy) is 1. The first-order valence-electron chi connectivity index (χ1n) is 8.60.